The molecule has 0 aliphatic carbocycles. The van der Waals surface area contributed by atoms with Crippen LogP contribution in [0, 0.1) is 13.8 Å². The fraction of sp³-hybridized carbons (Fsp3) is 0.636. The molecule has 0 saturated heterocycles. The maximum absolute atomic E-state index is 9.79. The van der Waals surface area contributed by atoms with E-state index < -0.39 is 0 Å². The van der Waals surface area contributed by atoms with Crippen molar-refractivity contribution in [1.82, 2.24) is 0 Å². The molecule has 1 rings (SSSR count). The van der Waals surface area contributed by atoms with Crippen LogP contribution in [0.15, 0.2) is 10.5 Å². The maximum Gasteiger partial charge on any atom is 0.106 e. The van der Waals surface area contributed by atoms with Crippen LogP contribution in [0.2, 0.25) is 0 Å². The number of aliphatic hydroxyl groups excluding tert-OH is 1. The van der Waals surface area contributed by atoms with E-state index in [-0.39, 0.29) is 6.10 Å². The highest BCUT2D eigenvalue weighted by Crippen LogP contribution is 2.25. The van der Waals surface area contributed by atoms with Crippen molar-refractivity contribution in [2.24, 2.45) is 0 Å². The Hall–Kier alpha value is -0.760. The highest BCUT2D eigenvalue weighted by Gasteiger charge is 2.13. The van der Waals surface area contributed by atoms with E-state index in [1.807, 2.05) is 19.9 Å². The lowest BCUT2D eigenvalue weighted by molar-refractivity contribution is 0.162. The van der Waals surface area contributed by atoms with Crippen molar-refractivity contribution in [3.8, 4) is 0 Å². The van der Waals surface area contributed by atoms with Crippen LogP contribution in [-0.2, 0) is 0 Å². The van der Waals surface area contributed by atoms with Gasteiger partial charge in [-0.25, -0.2) is 0 Å². The molecule has 2 nitrogen and oxygen atoms in total. The molecule has 0 amide bonds. The molecule has 74 valence electrons. The Kier molecular flexibility index (Phi) is 3.55. The first-order valence-electron chi connectivity index (χ1n) is 4.90. The van der Waals surface area contributed by atoms with Gasteiger partial charge in [-0.1, -0.05) is 19.8 Å². The standard InChI is InChI=1S/C11H18O2/c1-4-5-6-11(12)10-7-8(2)13-9(10)3/h7,11-12H,4-6H2,1-3H3. The zero-order valence-corrected chi connectivity index (χ0v) is 8.63. The van der Waals surface area contributed by atoms with Crippen LogP contribution in [0.1, 0.15) is 49.4 Å². The summed E-state index contributed by atoms with van der Waals surface area (Å²) in [5.41, 5.74) is 0.950. The van der Waals surface area contributed by atoms with Crippen molar-refractivity contribution in [1.29, 1.82) is 0 Å². The van der Waals surface area contributed by atoms with Crippen LogP contribution in [0.4, 0.5) is 0 Å². The summed E-state index contributed by atoms with van der Waals surface area (Å²) < 4.78 is 5.36. The molecular formula is C11H18O2. The first-order valence-corrected chi connectivity index (χ1v) is 4.90. The summed E-state index contributed by atoms with van der Waals surface area (Å²) in [5, 5.41) is 9.79. The van der Waals surface area contributed by atoms with Crippen LogP contribution >= 0.6 is 0 Å². The smallest absolute Gasteiger partial charge is 0.106 e. The van der Waals surface area contributed by atoms with Gasteiger partial charge < -0.3 is 9.52 Å². The van der Waals surface area contributed by atoms with Gasteiger partial charge in [-0.15, -0.1) is 0 Å². The van der Waals surface area contributed by atoms with E-state index in [0.717, 1.165) is 36.3 Å². The van der Waals surface area contributed by atoms with E-state index in [9.17, 15) is 5.11 Å². The second-order valence-electron chi connectivity index (χ2n) is 3.53. The van der Waals surface area contributed by atoms with Gasteiger partial charge in [0, 0.05) is 5.56 Å². The van der Waals surface area contributed by atoms with E-state index in [0.29, 0.717) is 0 Å². The molecule has 0 fully saturated rings. The molecule has 0 aliphatic rings. The van der Waals surface area contributed by atoms with Crippen molar-refractivity contribution in [2.75, 3.05) is 0 Å². The van der Waals surface area contributed by atoms with Gasteiger partial charge in [0.15, 0.2) is 0 Å². The summed E-state index contributed by atoms with van der Waals surface area (Å²) in [7, 11) is 0. The van der Waals surface area contributed by atoms with Crippen LogP contribution in [0.5, 0.6) is 0 Å². The van der Waals surface area contributed by atoms with Crippen molar-refractivity contribution in [3.05, 3.63) is 23.2 Å². The van der Waals surface area contributed by atoms with Gasteiger partial charge in [-0.05, 0) is 26.3 Å². The monoisotopic (exact) mass is 182 g/mol. The van der Waals surface area contributed by atoms with Crippen molar-refractivity contribution in [3.63, 3.8) is 0 Å². The Morgan fingerprint density at radius 1 is 1.46 bits per heavy atom. The number of aliphatic hydroxyl groups is 1. The molecule has 1 aromatic heterocycles. The summed E-state index contributed by atoms with van der Waals surface area (Å²) in [6, 6.07) is 1.93. The topological polar surface area (TPSA) is 33.4 Å². The van der Waals surface area contributed by atoms with Crippen molar-refractivity contribution < 1.29 is 9.52 Å². The molecule has 2 heteroatoms. The Morgan fingerprint density at radius 3 is 2.62 bits per heavy atom. The molecule has 13 heavy (non-hydrogen) atoms. The third kappa shape index (κ3) is 2.59. The van der Waals surface area contributed by atoms with Gasteiger partial charge in [0.05, 0.1) is 6.10 Å². The van der Waals surface area contributed by atoms with Crippen molar-refractivity contribution in [2.45, 2.75) is 46.1 Å². The zero-order valence-electron chi connectivity index (χ0n) is 8.63. The summed E-state index contributed by atoms with van der Waals surface area (Å²) in [6.45, 7) is 5.93. The summed E-state index contributed by atoms with van der Waals surface area (Å²) in [6.07, 6.45) is 2.66. The van der Waals surface area contributed by atoms with Gasteiger partial charge >= 0.3 is 0 Å². The average molecular weight is 182 g/mol. The molecule has 0 aromatic carbocycles. The number of hydrogen-bond acceptors (Lipinski definition) is 2. The lowest BCUT2D eigenvalue weighted by atomic mass is 10.0. The van der Waals surface area contributed by atoms with Gasteiger partial charge in [-0.2, -0.15) is 0 Å². The number of rotatable bonds is 4. The van der Waals surface area contributed by atoms with Crippen LogP contribution in [0.25, 0.3) is 0 Å². The molecule has 1 aromatic rings. The predicted molar refractivity (Wildman–Crippen MR) is 52.7 cm³/mol. The highest BCUT2D eigenvalue weighted by atomic mass is 16.3. The zero-order chi connectivity index (χ0) is 9.84. The van der Waals surface area contributed by atoms with E-state index in [1.54, 1.807) is 0 Å². The SMILES string of the molecule is CCCCC(O)c1cc(C)oc1C. The number of furan rings is 1. The molecule has 1 heterocycles. The maximum atomic E-state index is 9.79. The molecule has 0 saturated carbocycles. The quantitative estimate of drug-likeness (QED) is 0.776. The Labute approximate surface area is 79.6 Å². The fourth-order valence-electron chi connectivity index (χ4n) is 1.53. The van der Waals surface area contributed by atoms with E-state index >= 15 is 0 Å². The number of aryl methyl sites for hydroxylation is 2. The lowest BCUT2D eigenvalue weighted by Crippen LogP contribution is -1.96. The van der Waals surface area contributed by atoms with E-state index in [1.165, 1.54) is 0 Å². The minimum absolute atomic E-state index is 0.350. The predicted octanol–water partition coefficient (Wildman–Crippen LogP) is 3.12. The van der Waals surface area contributed by atoms with Crippen LogP contribution < -0.4 is 0 Å². The summed E-state index contributed by atoms with van der Waals surface area (Å²) in [4.78, 5) is 0. The molecule has 0 aliphatic heterocycles. The highest BCUT2D eigenvalue weighted by molar-refractivity contribution is 5.22. The molecular weight excluding hydrogens is 164 g/mol. The number of hydrogen-bond donors (Lipinski definition) is 1. The fourth-order valence-corrected chi connectivity index (χ4v) is 1.53. The summed E-state index contributed by atoms with van der Waals surface area (Å²) in [5.74, 6) is 1.73. The van der Waals surface area contributed by atoms with E-state index in [4.69, 9.17) is 4.42 Å². The second-order valence-corrected chi connectivity index (χ2v) is 3.53. The van der Waals surface area contributed by atoms with Gasteiger partial charge in [0.1, 0.15) is 11.5 Å². The van der Waals surface area contributed by atoms with Gasteiger partial charge in [0.2, 0.25) is 0 Å². The molecule has 1 unspecified atom stereocenters. The van der Waals surface area contributed by atoms with Crippen LogP contribution in [-0.4, -0.2) is 5.11 Å². The molecule has 1 atom stereocenters. The molecule has 0 spiro atoms. The normalized spacial score (nSPS) is 13.2. The van der Waals surface area contributed by atoms with Crippen LogP contribution in [0.3, 0.4) is 0 Å². The minimum atomic E-state index is -0.350. The largest absolute Gasteiger partial charge is 0.466 e. The first-order chi connectivity index (χ1) is 6.15. The Balaban J connectivity index is 2.64. The average Bonchev–Trinajstić information content (AvgIpc) is 2.41. The lowest BCUT2D eigenvalue weighted by Gasteiger charge is -2.07. The third-order valence-corrected chi connectivity index (χ3v) is 2.27. The third-order valence-electron chi connectivity index (χ3n) is 2.27. The van der Waals surface area contributed by atoms with E-state index in [2.05, 4.69) is 6.92 Å². The summed E-state index contributed by atoms with van der Waals surface area (Å²) >= 11 is 0. The molecule has 1 N–H and O–H groups in total. The Bertz CT molecular complexity index is 263. The van der Waals surface area contributed by atoms with Crippen molar-refractivity contribution >= 4 is 0 Å². The second kappa shape index (κ2) is 4.47. The number of unbranched alkanes of at least 4 members (excludes halogenated alkanes) is 1. The van der Waals surface area contributed by atoms with Gasteiger partial charge in [0.25, 0.3) is 0 Å². The first kappa shape index (κ1) is 10.3. The Morgan fingerprint density at radius 2 is 2.15 bits per heavy atom. The molecule has 0 radical (unpaired) electrons. The molecule has 0 bridgehead atoms. The minimum Gasteiger partial charge on any atom is -0.466 e. The van der Waals surface area contributed by atoms with Gasteiger partial charge in [-0.3, -0.25) is 0 Å².